The molecule has 31 heavy (non-hydrogen) atoms. The predicted octanol–water partition coefficient (Wildman–Crippen LogP) is 5.05. The number of benzene rings is 3. The van der Waals surface area contributed by atoms with Crippen molar-refractivity contribution in [2.45, 2.75) is 13.8 Å². The summed E-state index contributed by atoms with van der Waals surface area (Å²) in [6.07, 6.45) is 0. The van der Waals surface area contributed by atoms with E-state index in [9.17, 15) is 14.4 Å². The standard InChI is InChI=1S/C24H19N3O3S/c1-14-3-12-20-21(13-14)31-24(27-20)17-6-10-19(11-7-17)26-23(30)22(29)25-18-8-4-16(5-9-18)15(2)28/h3-13H,1-2H3,(H,25,29)(H,26,30). The molecule has 2 N–H and O–H groups in total. The van der Waals surface area contributed by atoms with Gasteiger partial charge in [-0.2, -0.15) is 0 Å². The van der Waals surface area contributed by atoms with Gasteiger partial charge in [0.25, 0.3) is 0 Å². The average Bonchev–Trinajstić information content (AvgIpc) is 3.17. The van der Waals surface area contributed by atoms with Gasteiger partial charge in [0.15, 0.2) is 5.78 Å². The van der Waals surface area contributed by atoms with Gasteiger partial charge in [0, 0.05) is 22.5 Å². The highest BCUT2D eigenvalue weighted by Crippen LogP contribution is 2.31. The molecular weight excluding hydrogens is 410 g/mol. The molecule has 0 aliphatic carbocycles. The second-order valence-corrected chi connectivity index (χ2v) is 8.14. The summed E-state index contributed by atoms with van der Waals surface area (Å²) < 4.78 is 1.13. The summed E-state index contributed by atoms with van der Waals surface area (Å²) in [5.74, 6) is -1.64. The van der Waals surface area contributed by atoms with Gasteiger partial charge in [-0.25, -0.2) is 4.98 Å². The van der Waals surface area contributed by atoms with Gasteiger partial charge in [0.05, 0.1) is 10.2 Å². The molecule has 0 atom stereocenters. The van der Waals surface area contributed by atoms with Gasteiger partial charge in [0.2, 0.25) is 0 Å². The molecule has 1 heterocycles. The number of ketones is 1. The molecule has 7 heteroatoms. The first-order chi connectivity index (χ1) is 14.9. The van der Waals surface area contributed by atoms with Crippen molar-refractivity contribution in [2.75, 3.05) is 10.6 Å². The highest BCUT2D eigenvalue weighted by atomic mass is 32.1. The van der Waals surface area contributed by atoms with Gasteiger partial charge < -0.3 is 10.6 Å². The molecule has 0 radical (unpaired) electrons. The van der Waals surface area contributed by atoms with E-state index in [1.165, 1.54) is 12.5 Å². The molecule has 0 saturated carbocycles. The lowest BCUT2D eigenvalue weighted by atomic mass is 10.1. The number of carbonyl (C=O) groups excluding carboxylic acids is 3. The molecule has 0 bridgehead atoms. The van der Waals surface area contributed by atoms with E-state index in [0.717, 1.165) is 20.8 Å². The fraction of sp³-hybridized carbons (Fsp3) is 0.0833. The maximum Gasteiger partial charge on any atom is 0.314 e. The third kappa shape index (κ3) is 4.67. The van der Waals surface area contributed by atoms with Crippen LogP contribution in [-0.4, -0.2) is 22.6 Å². The Morgan fingerprint density at radius 1 is 0.806 bits per heavy atom. The maximum absolute atomic E-state index is 12.2. The first kappa shape index (κ1) is 20.4. The number of aryl methyl sites for hydroxylation is 1. The van der Waals surface area contributed by atoms with Crippen LogP contribution in [0, 0.1) is 6.92 Å². The number of rotatable bonds is 4. The van der Waals surface area contributed by atoms with Crippen LogP contribution in [0.25, 0.3) is 20.8 Å². The molecule has 4 rings (SSSR count). The number of hydrogen-bond acceptors (Lipinski definition) is 5. The SMILES string of the molecule is CC(=O)c1ccc(NC(=O)C(=O)Nc2ccc(-c3nc4ccc(C)cc4s3)cc2)cc1. The van der Waals surface area contributed by atoms with Gasteiger partial charge in [-0.3, -0.25) is 14.4 Å². The van der Waals surface area contributed by atoms with Crippen LogP contribution in [0.1, 0.15) is 22.8 Å². The third-order valence-electron chi connectivity index (χ3n) is 4.69. The number of Topliss-reactive ketones (excluding diaryl/α,β-unsaturated/α-hetero) is 1. The van der Waals surface area contributed by atoms with Gasteiger partial charge in [-0.15, -0.1) is 11.3 Å². The predicted molar refractivity (Wildman–Crippen MR) is 123 cm³/mol. The molecule has 0 aliphatic heterocycles. The van der Waals surface area contributed by atoms with Crippen LogP contribution in [0.15, 0.2) is 66.7 Å². The van der Waals surface area contributed by atoms with Crippen molar-refractivity contribution in [3.05, 3.63) is 77.9 Å². The Bertz CT molecular complexity index is 1290. The Morgan fingerprint density at radius 2 is 1.39 bits per heavy atom. The highest BCUT2D eigenvalue weighted by molar-refractivity contribution is 7.21. The van der Waals surface area contributed by atoms with Crippen LogP contribution >= 0.6 is 11.3 Å². The normalized spacial score (nSPS) is 10.6. The van der Waals surface area contributed by atoms with Crippen LogP contribution in [0.5, 0.6) is 0 Å². The Hall–Kier alpha value is -3.84. The van der Waals surface area contributed by atoms with Crippen LogP contribution in [0.2, 0.25) is 0 Å². The van der Waals surface area contributed by atoms with Crippen molar-refractivity contribution in [1.29, 1.82) is 0 Å². The molecular formula is C24H19N3O3S. The quantitative estimate of drug-likeness (QED) is 0.351. The molecule has 0 spiro atoms. The highest BCUT2D eigenvalue weighted by Gasteiger charge is 2.15. The number of aromatic nitrogens is 1. The summed E-state index contributed by atoms with van der Waals surface area (Å²) in [6, 6.07) is 19.7. The lowest BCUT2D eigenvalue weighted by molar-refractivity contribution is -0.132. The number of fused-ring (bicyclic) bond motifs is 1. The minimum Gasteiger partial charge on any atom is -0.318 e. The number of hydrogen-bond donors (Lipinski definition) is 2. The molecule has 154 valence electrons. The fourth-order valence-corrected chi connectivity index (χ4v) is 4.08. The summed E-state index contributed by atoms with van der Waals surface area (Å²) in [6.45, 7) is 3.51. The lowest BCUT2D eigenvalue weighted by Crippen LogP contribution is -2.29. The molecule has 4 aromatic rings. The minimum atomic E-state index is -0.791. The monoisotopic (exact) mass is 429 g/mol. The first-order valence-electron chi connectivity index (χ1n) is 9.60. The molecule has 0 unspecified atom stereocenters. The minimum absolute atomic E-state index is 0.0694. The second kappa shape index (κ2) is 8.49. The van der Waals surface area contributed by atoms with Gasteiger partial charge in [-0.1, -0.05) is 6.07 Å². The van der Waals surface area contributed by atoms with E-state index in [1.807, 2.05) is 31.2 Å². The van der Waals surface area contributed by atoms with E-state index in [1.54, 1.807) is 47.7 Å². The van der Waals surface area contributed by atoms with E-state index < -0.39 is 11.8 Å². The molecule has 0 aliphatic rings. The van der Waals surface area contributed by atoms with Gasteiger partial charge >= 0.3 is 11.8 Å². The number of amides is 2. The first-order valence-corrected chi connectivity index (χ1v) is 10.4. The van der Waals surface area contributed by atoms with E-state index in [2.05, 4.69) is 21.7 Å². The Kier molecular flexibility index (Phi) is 5.60. The molecule has 0 fully saturated rings. The largest absolute Gasteiger partial charge is 0.318 e. The second-order valence-electron chi connectivity index (χ2n) is 7.11. The average molecular weight is 430 g/mol. The number of thiazole rings is 1. The Morgan fingerprint density at radius 3 is 1.97 bits per heavy atom. The number of nitrogens with zero attached hydrogens (tertiary/aromatic N) is 1. The van der Waals surface area contributed by atoms with E-state index in [0.29, 0.717) is 16.9 Å². The van der Waals surface area contributed by atoms with E-state index >= 15 is 0 Å². The Labute approximate surface area is 182 Å². The topological polar surface area (TPSA) is 88.2 Å². The van der Waals surface area contributed by atoms with Crippen LogP contribution in [0.4, 0.5) is 11.4 Å². The van der Waals surface area contributed by atoms with Gasteiger partial charge in [-0.05, 0) is 80.1 Å². The third-order valence-corrected chi connectivity index (χ3v) is 5.76. The summed E-state index contributed by atoms with van der Waals surface area (Å²) in [5.41, 5.74) is 4.56. The maximum atomic E-state index is 12.2. The van der Waals surface area contributed by atoms with Crippen molar-refractivity contribution in [3.8, 4) is 10.6 Å². The summed E-state index contributed by atoms with van der Waals surface area (Å²) in [7, 11) is 0. The number of anilines is 2. The van der Waals surface area contributed by atoms with Crippen molar-refractivity contribution in [2.24, 2.45) is 0 Å². The van der Waals surface area contributed by atoms with Crippen molar-refractivity contribution in [1.82, 2.24) is 4.98 Å². The molecule has 0 saturated heterocycles. The zero-order chi connectivity index (χ0) is 22.0. The number of carbonyl (C=O) groups is 3. The summed E-state index contributed by atoms with van der Waals surface area (Å²) >= 11 is 1.61. The van der Waals surface area contributed by atoms with Crippen LogP contribution in [0.3, 0.4) is 0 Å². The Balaban J connectivity index is 1.41. The lowest BCUT2D eigenvalue weighted by Gasteiger charge is -2.07. The zero-order valence-corrected chi connectivity index (χ0v) is 17.7. The molecule has 2 amide bonds. The van der Waals surface area contributed by atoms with E-state index in [4.69, 9.17) is 0 Å². The van der Waals surface area contributed by atoms with Crippen molar-refractivity contribution in [3.63, 3.8) is 0 Å². The van der Waals surface area contributed by atoms with E-state index in [-0.39, 0.29) is 5.78 Å². The van der Waals surface area contributed by atoms with Gasteiger partial charge in [0.1, 0.15) is 5.01 Å². The smallest absolute Gasteiger partial charge is 0.314 e. The molecule has 6 nitrogen and oxygen atoms in total. The molecule has 3 aromatic carbocycles. The van der Waals surface area contributed by atoms with Crippen molar-refractivity contribution < 1.29 is 14.4 Å². The molecule has 1 aromatic heterocycles. The van der Waals surface area contributed by atoms with Crippen molar-refractivity contribution >= 4 is 50.5 Å². The number of nitrogens with one attached hydrogen (secondary N) is 2. The summed E-state index contributed by atoms with van der Waals surface area (Å²) in [5, 5.41) is 5.99. The fourth-order valence-electron chi connectivity index (χ4n) is 3.02. The summed E-state index contributed by atoms with van der Waals surface area (Å²) in [4.78, 5) is 40.3. The van der Waals surface area contributed by atoms with Crippen LogP contribution < -0.4 is 10.6 Å². The zero-order valence-electron chi connectivity index (χ0n) is 16.9. The van der Waals surface area contributed by atoms with Crippen LogP contribution in [-0.2, 0) is 9.59 Å².